The average molecular weight is 475 g/mol. The number of aromatic nitrogens is 3. The normalized spacial score (nSPS) is 11.0. The van der Waals surface area contributed by atoms with E-state index in [0.717, 1.165) is 16.0 Å². The van der Waals surface area contributed by atoms with E-state index in [4.69, 9.17) is 21.1 Å². The number of nitrogens with one attached hydrogen (secondary N) is 1. The molecule has 0 unspecified atom stereocenters. The average Bonchev–Trinajstić information content (AvgIpc) is 3.34. The predicted molar refractivity (Wildman–Crippen MR) is 123 cm³/mol. The lowest BCUT2D eigenvalue weighted by molar-refractivity contribution is 0.0606. The number of hydrogen-bond donors (Lipinski definition) is 1. The van der Waals surface area contributed by atoms with Gasteiger partial charge in [-0.2, -0.15) is 0 Å². The van der Waals surface area contributed by atoms with Crippen molar-refractivity contribution >= 4 is 45.6 Å². The molecule has 0 fully saturated rings. The van der Waals surface area contributed by atoms with Gasteiger partial charge in [0.1, 0.15) is 28.6 Å². The number of rotatable bonds is 7. The zero-order chi connectivity index (χ0) is 22.8. The molecule has 0 spiro atoms. The van der Waals surface area contributed by atoms with E-state index < -0.39 is 5.97 Å². The number of thiophene rings is 1. The number of nitrogens with zero attached hydrogens (tertiary/aromatic N) is 3. The largest absolute Gasteiger partial charge is 0.496 e. The number of aryl methyl sites for hydroxylation is 1. The molecule has 1 N–H and O–H groups in total. The van der Waals surface area contributed by atoms with Crippen LogP contribution in [0.2, 0.25) is 5.02 Å². The molecule has 0 amide bonds. The number of methoxy groups -OCH3 is 2. The van der Waals surface area contributed by atoms with Gasteiger partial charge in [0.15, 0.2) is 0 Å². The molecule has 10 heteroatoms. The van der Waals surface area contributed by atoms with Crippen molar-refractivity contribution < 1.29 is 18.7 Å². The number of fused-ring (bicyclic) bond motifs is 1. The van der Waals surface area contributed by atoms with Gasteiger partial charge in [-0.3, -0.25) is 0 Å². The molecule has 3 heterocycles. The number of ether oxygens (including phenoxy) is 2. The van der Waals surface area contributed by atoms with Crippen molar-refractivity contribution in [2.75, 3.05) is 26.1 Å². The molecule has 0 saturated heterocycles. The highest BCUT2D eigenvalue weighted by Gasteiger charge is 2.18. The van der Waals surface area contributed by atoms with Gasteiger partial charge in [-0.05, 0) is 31.2 Å². The molecule has 3 aromatic heterocycles. The Morgan fingerprint density at radius 3 is 2.81 bits per heavy atom. The molecule has 0 aliphatic carbocycles. The maximum absolute atomic E-state index is 14.5. The van der Waals surface area contributed by atoms with Crippen LogP contribution in [0.25, 0.3) is 21.5 Å². The molecule has 4 rings (SSSR count). The smallest absolute Gasteiger partial charge is 0.349 e. The third kappa shape index (κ3) is 4.13. The Balaban J connectivity index is 1.52. The molecule has 0 aliphatic rings. The van der Waals surface area contributed by atoms with Crippen LogP contribution in [0, 0.1) is 12.7 Å². The molecular formula is C22H20ClFN4O3S. The molecule has 1 aromatic carbocycles. The first-order chi connectivity index (χ1) is 15.4. The van der Waals surface area contributed by atoms with E-state index in [-0.39, 0.29) is 5.82 Å². The molecule has 166 valence electrons. The molecule has 0 saturated carbocycles. The Bertz CT molecular complexity index is 1300. The molecule has 0 atom stereocenters. The van der Waals surface area contributed by atoms with Gasteiger partial charge in [-0.15, -0.1) is 11.3 Å². The third-order valence-corrected chi connectivity index (χ3v) is 6.56. The van der Waals surface area contributed by atoms with Gasteiger partial charge in [-0.25, -0.2) is 19.2 Å². The first-order valence-electron chi connectivity index (χ1n) is 9.69. The van der Waals surface area contributed by atoms with E-state index >= 15 is 0 Å². The molecule has 4 aromatic rings. The van der Waals surface area contributed by atoms with Crippen LogP contribution in [0.4, 0.5) is 10.2 Å². The summed E-state index contributed by atoms with van der Waals surface area (Å²) in [7, 11) is 2.88. The Labute approximate surface area is 192 Å². The van der Waals surface area contributed by atoms with Crippen LogP contribution in [-0.2, 0) is 11.3 Å². The highest BCUT2D eigenvalue weighted by atomic mass is 35.5. The Hall–Kier alpha value is -3.17. The van der Waals surface area contributed by atoms with Gasteiger partial charge in [0, 0.05) is 30.2 Å². The van der Waals surface area contributed by atoms with Crippen LogP contribution in [-0.4, -0.2) is 41.3 Å². The second kappa shape index (κ2) is 9.13. The lowest BCUT2D eigenvalue weighted by atomic mass is 10.2. The van der Waals surface area contributed by atoms with Crippen LogP contribution >= 0.6 is 22.9 Å². The Morgan fingerprint density at radius 2 is 2.06 bits per heavy atom. The standard InChI is InChI=1S/C22H20ClFN4O3S/c1-12-8-13-17(30-2)5-4-15(24)20(13)28(12)7-6-25-19-10-16(26-11-27-19)18-9-14(23)21(32-18)22(29)31-3/h4-5,8-11H,6-7H2,1-3H3,(H,25,26,27). The highest BCUT2D eigenvalue weighted by Crippen LogP contribution is 2.34. The lowest BCUT2D eigenvalue weighted by Crippen LogP contribution is -2.12. The predicted octanol–water partition coefficient (Wildman–Crippen LogP) is 5.17. The van der Waals surface area contributed by atoms with Crippen molar-refractivity contribution in [1.29, 1.82) is 0 Å². The van der Waals surface area contributed by atoms with Crippen LogP contribution in [0.3, 0.4) is 0 Å². The van der Waals surface area contributed by atoms with E-state index in [2.05, 4.69) is 15.3 Å². The summed E-state index contributed by atoms with van der Waals surface area (Å²) in [5.74, 6) is 0.454. The van der Waals surface area contributed by atoms with E-state index in [1.807, 2.05) is 17.6 Å². The van der Waals surface area contributed by atoms with Crippen molar-refractivity contribution in [3.05, 3.63) is 58.1 Å². The van der Waals surface area contributed by atoms with Gasteiger partial charge in [0.05, 0.1) is 35.3 Å². The molecule has 32 heavy (non-hydrogen) atoms. The second-order valence-electron chi connectivity index (χ2n) is 6.94. The van der Waals surface area contributed by atoms with E-state index in [9.17, 15) is 9.18 Å². The third-order valence-electron chi connectivity index (χ3n) is 5.02. The van der Waals surface area contributed by atoms with Crippen molar-refractivity contribution in [2.45, 2.75) is 13.5 Å². The Kier molecular flexibility index (Phi) is 6.29. The van der Waals surface area contributed by atoms with Gasteiger partial charge >= 0.3 is 5.97 Å². The monoisotopic (exact) mass is 474 g/mol. The number of anilines is 1. The summed E-state index contributed by atoms with van der Waals surface area (Å²) in [5.41, 5.74) is 2.07. The number of carbonyl (C=O) groups is 1. The van der Waals surface area contributed by atoms with Crippen molar-refractivity contribution in [3.63, 3.8) is 0 Å². The minimum Gasteiger partial charge on any atom is -0.496 e. The first-order valence-corrected chi connectivity index (χ1v) is 10.9. The fourth-order valence-electron chi connectivity index (χ4n) is 3.52. The highest BCUT2D eigenvalue weighted by molar-refractivity contribution is 7.18. The summed E-state index contributed by atoms with van der Waals surface area (Å²) in [6.45, 7) is 2.97. The van der Waals surface area contributed by atoms with Crippen LogP contribution in [0.5, 0.6) is 5.75 Å². The number of hydrogen-bond acceptors (Lipinski definition) is 7. The topological polar surface area (TPSA) is 78.3 Å². The first kappa shape index (κ1) is 22.0. The Morgan fingerprint density at radius 1 is 1.25 bits per heavy atom. The van der Waals surface area contributed by atoms with Gasteiger partial charge in [-0.1, -0.05) is 11.6 Å². The fraction of sp³-hybridized carbons (Fsp3) is 0.227. The summed E-state index contributed by atoms with van der Waals surface area (Å²) in [6.07, 6.45) is 1.43. The number of carbonyl (C=O) groups excluding carboxylic acids is 1. The van der Waals surface area contributed by atoms with Crippen LogP contribution in [0.15, 0.2) is 36.7 Å². The van der Waals surface area contributed by atoms with Gasteiger partial charge in [0.25, 0.3) is 0 Å². The van der Waals surface area contributed by atoms with Crippen LogP contribution in [0.1, 0.15) is 15.4 Å². The quantitative estimate of drug-likeness (QED) is 0.372. The SMILES string of the molecule is COC(=O)c1sc(-c2cc(NCCn3c(C)cc4c(OC)ccc(F)c43)ncn2)cc1Cl. The van der Waals surface area contributed by atoms with E-state index in [1.54, 1.807) is 25.3 Å². The minimum absolute atomic E-state index is 0.297. The number of benzene rings is 1. The van der Waals surface area contributed by atoms with Crippen molar-refractivity contribution in [3.8, 4) is 16.3 Å². The summed E-state index contributed by atoms with van der Waals surface area (Å²) < 4.78 is 26.5. The molecule has 0 radical (unpaired) electrons. The van der Waals surface area contributed by atoms with Gasteiger partial charge < -0.3 is 19.4 Å². The maximum Gasteiger partial charge on any atom is 0.349 e. The zero-order valence-electron chi connectivity index (χ0n) is 17.6. The fourth-order valence-corrected chi connectivity index (χ4v) is 4.82. The molecular weight excluding hydrogens is 455 g/mol. The van der Waals surface area contributed by atoms with Crippen molar-refractivity contribution in [1.82, 2.24) is 14.5 Å². The summed E-state index contributed by atoms with van der Waals surface area (Å²) in [6, 6.07) is 8.41. The molecule has 0 aliphatic heterocycles. The number of esters is 1. The van der Waals surface area contributed by atoms with Crippen LogP contribution < -0.4 is 10.1 Å². The van der Waals surface area contributed by atoms with E-state index in [0.29, 0.717) is 45.8 Å². The molecule has 7 nitrogen and oxygen atoms in total. The van der Waals surface area contributed by atoms with Crippen molar-refractivity contribution in [2.24, 2.45) is 0 Å². The zero-order valence-corrected chi connectivity index (χ0v) is 19.2. The number of halogens is 2. The minimum atomic E-state index is -0.489. The second-order valence-corrected chi connectivity index (χ2v) is 8.40. The molecule has 0 bridgehead atoms. The summed E-state index contributed by atoms with van der Waals surface area (Å²) in [4.78, 5) is 21.4. The summed E-state index contributed by atoms with van der Waals surface area (Å²) >= 11 is 7.36. The van der Waals surface area contributed by atoms with Gasteiger partial charge in [0.2, 0.25) is 0 Å². The van der Waals surface area contributed by atoms with E-state index in [1.165, 1.54) is 30.8 Å². The maximum atomic E-state index is 14.5. The lowest BCUT2D eigenvalue weighted by Gasteiger charge is -2.11. The summed E-state index contributed by atoms with van der Waals surface area (Å²) in [5, 5.41) is 4.30.